The van der Waals surface area contributed by atoms with Gasteiger partial charge in [0.15, 0.2) is 0 Å². The molecule has 1 aromatic heterocycles. The number of hydrogen-bond acceptors (Lipinski definition) is 3. The number of fused-ring (bicyclic) bond motifs is 1. The summed E-state index contributed by atoms with van der Waals surface area (Å²) in [5.41, 5.74) is 2.21. The number of nitrogens with zero attached hydrogens (tertiary/aromatic N) is 2. The lowest BCUT2D eigenvalue weighted by molar-refractivity contribution is 0.129. The molecule has 0 radical (unpaired) electrons. The summed E-state index contributed by atoms with van der Waals surface area (Å²) in [6.45, 7) is 2.69. The molecule has 5 heteroatoms. The molecule has 0 amide bonds. The number of ether oxygens (including phenoxy) is 1. The third-order valence-electron chi connectivity index (χ3n) is 5.11. The van der Waals surface area contributed by atoms with Crippen LogP contribution in [-0.2, 0) is 0 Å². The molecule has 25 heavy (non-hydrogen) atoms. The number of benzene rings is 2. The maximum Gasteiger partial charge on any atom is 0.123 e. The van der Waals surface area contributed by atoms with E-state index in [2.05, 4.69) is 22.1 Å². The predicted octanol–water partition coefficient (Wildman–Crippen LogP) is 3.82. The Morgan fingerprint density at radius 3 is 2.92 bits per heavy atom. The van der Waals surface area contributed by atoms with Crippen LogP contribution in [0.2, 0.25) is 0 Å². The minimum absolute atomic E-state index is 0.183. The fourth-order valence-electron chi connectivity index (χ4n) is 3.75. The largest absolute Gasteiger partial charge is 0.493 e. The van der Waals surface area contributed by atoms with Crippen molar-refractivity contribution in [2.24, 2.45) is 5.92 Å². The van der Waals surface area contributed by atoms with E-state index >= 15 is 0 Å². The highest BCUT2D eigenvalue weighted by molar-refractivity contribution is 5.79. The highest BCUT2D eigenvalue weighted by Crippen LogP contribution is 2.33. The second-order valence-corrected chi connectivity index (χ2v) is 6.90. The summed E-state index contributed by atoms with van der Waals surface area (Å²) in [5, 5.41) is 8.04. The van der Waals surface area contributed by atoms with Gasteiger partial charge in [-0.3, -0.25) is 5.10 Å². The van der Waals surface area contributed by atoms with Crippen molar-refractivity contribution in [3.63, 3.8) is 0 Å². The smallest absolute Gasteiger partial charge is 0.123 e. The van der Waals surface area contributed by atoms with Crippen molar-refractivity contribution in [3.05, 3.63) is 60.0 Å². The standard InChI is InChI=1S/C20H22FN3O/c1-24-9-8-19(14-2-4-17(21)5-3-14)16(12-24)13-25-18-6-7-20-15(10-18)11-22-23-20/h2-7,10-11,16,19H,8-9,12-13H2,1H3,(H,22,23)/t16-,19-/m1/s1. The number of H-pyrrole nitrogens is 1. The van der Waals surface area contributed by atoms with Crippen LogP contribution in [0.3, 0.4) is 0 Å². The number of likely N-dealkylation sites (tertiary alicyclic amines) is 1. The van der Waals surface area contributed by atoms with Crippen LogP contribution in [0.1, 0.15) is 17.9 Å². The monoisotopic (exact) mass is 339 g/mol. The van der Waals surface area contributed by atoms with Crippen LogP contribution in [0.4, 0.5) is 4.39 Å². The van der Waals surface area contributed by atoms with Gasteiger partial charge in [0.05, 0.1) is 18.3 Å². The van der Waals surface area contributed by atoms with Crippen molar-refractivity contribution in [1.29, 1.82) is 0 Å². The predicted molar refractivity (Wildman–Crippen MR) is 96.3 cm³/mol. The Kier molecular flexibility index (Phi) is 4.40. The van der Waals surface area contributed by atoms with E-state index in [-0.39, 0.29) is 5.82 Å². The SMILES string of the molecule is CN1CC[C@H](c2ccc(F)cc2)[C@@H](COc2ccc3[nH]ncc3c2)C1. The molecular formula is C20H22FN3O. The third-order valence-corrected chi connectivity index (χ3v) is 5.11. The average molecular weight is 339 g/mol. The van der Waals surface area contributed by atoms with Gasteiger partial charge < -0.3 is 9.64 Å². The van der Waals surface area contributed by atoms with Crippen molar-refractivity contribution in [3.8, 4) is 5.75 Å². The average Bonchev–Trinajstić information content (AvgIpc) is 3.09. The Hall–Kier alpha value is -2.40. The molecule has 1 fully saturated rings. The second-order valence-electron chi connectivity index (χ2n) is 6.90. The molecule has 2 atom stereocenters. The zero-order valence-electron chi connectivity index (χ0n) is 14.3. The Morgan fingerprint density at radius 2 is 2.08 bits per heavy atom. The Balaban J connectivity index is 1.49. The first-order valence-electron chi connectivity index (χ1n) is 8.69. The molecule has 2 heterocycles. The minimum atomic E-state index is -0.183. The number of aromatic amines is 1. The van der Waals surface area contributed by atoms with Crippen molar-refractivity contribution < 1.29 is 9.13 Å². The molecule has 0 spiro atoms. The van der Waals surface area contributed by atoms with Crippen LogP contribution < -0.4 is 4.74 Å². The van der Waals surface area contributed by atoms with Gasteiger partial charge in [-0.25, -0.2) is 4.39 Å². The van der Waals surface area contributed by atoms with Crippen LogP contribution >= 0.6 is 0 Å². The van der Waals surface area contributed by atoms with Crippen molar-refractivity contribution in [2.75, 3.05) is 26.7 Å². The molecule has 0 saturated carbocycles. The lowest BCUT2D eigenvalue weighted by Crippen LogP contribution is -2.39. The molecule has 2 aromatic carbocycles. The third kappa shape index (κ3) is 3.51. The molecule has 0 unspecified atom stereocenters. The normalized spacial score (nSPS) is 21.5. The van der Waals surface area contributed by atoms with E-state index in [0.717, 1.165) is 36.2 Å². The first-order chi connectivity index (χ1) is 12.2. The summed E-state index contributed by atoms with van der Waals surface area (Å²) in [5.74, 6) is 1.46. The maximum atomic E-state index is 13.2. The first kappa shape index (κ1) is 16.1. The Bertz CT molecular complexity index is 846. The van der Waals surface area contributed by atoms with Crippen molar-refractivity contribution in [1.82, 2.24) is 15.1 Å². The molecule has 1 aliphatic heterocycles. The molecule has 1 saturated heterocycles. The van der Waals surface area contributed by atoms with Crippen molar-refractivity contribution >= 4 is 10.9 Å². The molecule has 1 aliphatic rings. The van der Waals surface area contributed by atoms with E-state index in [9.17, 15) is 4.39 Å². The summed E-state index contributed by atoms with van der Waals surface area (Å²) in [6.07, 6.45) is 2.87. The Labute approximate surface area is 146 Å². The van der Waals surface area contributed by atoms with Gasteiger partial charge in [-0.1, -0.05) is 12.1 Å². The zero-order valence-corrected chi connectivity index (χ0v) is 14.3. The lowest BCUT2D eigenvalue weighted by Gasteiger charge is -2.37. The molecule has 1 N–H and O–H groups in total. The molecule has 0 bridgehead atoms. The molecule has 130 valence electrons. The quantitative estimate of drug-likeness (QED) is 0.786. The number of hydrogen-bond donors (Lipinski definition) is 1. The van der Waals surface area contributed by atoms with E-state index in [0.29, 0.717) is 18.4 Å². The number of aromatic nitrogens is 2. The number of rotatable bonds is 4. The van der Waals surface area contributed by atoms with Gasteiger partial charge in [0.2, 0.25) is 0 Å². The highest BCUT2D eigenvalue weighted by Gasteiger charge is 2.29. The fraction of sp³-hybridized carbons (Fsp3) is 0.350. The Morgan fingerprint density at radius 1 is 1.24 bits per heavy atom. The fourth-order valence-corrected chi connectivity index (χ4v) is 3.75. The molecule has 0 aliphatic carbocycles. The van der Waals surface area contributed by atoms with Gasteiger partial charge in [0.25, 0.3) is 0 Å². The van der Waals surface area contributed by atoms with Gasteiger partial charge >= 0.3 is 0 Å². The van der Waals surface area contributed by atoms with Gasteiger partial charge in [0.1, 0.15) is 11.6 Å². The van der Waals surface area contributed by atoms with Crippen LogP contribution in [0.25, 0.3) is 10.9 Å². The van der Waals surface area contributed by atoms with Crippen molar-refractivity contribution in [2.45, 2.75) is 12.3 Å². The van der Waals surface area contributed by atoms with Crippen LogP contribution in [0.15, 0.2) is 48.7 Å². The minimum Gasteiger partial charge on any atom is -0.493 e. The summed E-state index contributed by atoms with van der Waals surface area (Å²) < 4.78 is 19.3. The lowest BCUT2D eigenvalue weighted by atomic mass is 9.81. The zero-order chi connectivity index (χ0) is 17.2. The number of halogens is 1. The van der Waals surface area contributed by atoms with E-state index in [1.54, 1.807) is 18.3 Å². The van der Waals surface area contributed by atoms with E-state index in [1.165, 1.54) is 5.56 Å². The molecular weight excluding hydrogens is 317 g/mol. The maximum absolute atomic E-state index is 13.2. The van der Waals surface area contributed by atoms with E-state index in [4.69, 9.17) is 4.74 Å². The summed E-state index contributed by atoms with van der Waals surface area (Å²) >= 11 is 0. The molecule has 4 rings (SSSR count). The first-order valence-corrected chi connectivity index (χ1v) is 8.69. The summed E-state index contributed by atoms with van der Waals surface area (Å²) in [6, 6.07) is 12.9. The number of piperidine rings is 1. The second kappa shape index (κ2) is 6.84. The van der Waals surface area contributed by atoms with Gasteiger partial charge in [-0.15, -0.1) is 0 Å². The highest BCUT2D eigenvalue weighted by atomic mass is 19.1. The van der Waals surface area contributed by atoms with Crippen LogP contribution in [0, 0.1) is 11.7 Å². The van der Waals surface area contributed by atoms with E-state index in [1.807, 2.05) is 30.3 Å². The van der Waals surface area contributed by atoms with E-state index < -0.39 is 0 Å². The molecule has 3 aromatic rings. The summed E-state index contributed by atoms with van der Waals surface area (Å²) in [4.78, 5) is 2.34. The van der Waals surface area contributed by atoms with Gasteiger partial charge in [-0.05, 0) is 61.8 Å². The number of nitrogens with one attached hydrogen (secondary N) is 1. The van der Waals surface area contributed by atoms with Gasteiger partial charge in [-0.2, -0.15) is 5.10 Å². The van der Waals surface area contributed by atoms with Crippen LogP contribution in [0.5, 0.6) is 5.75 Å². The topological polar surface area (TPSA) is 41.1 Å². The summed E-state index contributed by atoms with van der Waals surface area (Å²) in [7, 11) is 2.14. The molecule has 4 nitrogen and oxygen atoms in total. The van der Waals surface area contributed by atoms with Gasteiger partial charge in [0, 0.05) is 17.8 Å². The van der Waals surface area contributed by atoms with Crippen LogP contribution in [-0.4, -0.2) is 41.8 Å².